The van der Waals surface area contributed by atoms with Gasteiger partial charge in [0.15, 0.2) is 0 Å². The molecule has 0 N–H and O–H groups in total. The van der Waals surface area contributed by atoms with Crippen LogP contribution in [-0.2, 0) is 0 Å². The van der Waals surface area contributed by atoms with Gasteiger partial charge in [0.1, 0.15) is 13.7 Å². The van der Waals surface area contributed by atoms with Crippen molar-refractivity contribution in [1.82, 2.24) is 9.55 Å². The molecule has 1 heterocycles. The fourth-order valence-electron chi connectivity index (χ4n) is 2.69. The van der Waals surface area contributed by atoms with Crippen molar-refractivity contribution < 1.29 is 4.39 Å². The van der Waals surface area contributed by atoms with Crippen molar-refractivity contribution in [3.63, 3.8) is 0 Å². The van der Waals surface area contributed by atoms with Gasteiger partial charge in [-0.25, -0.2) is 9.37 Å². The molecule has 0 aliphatic rings. The molecule has 5 heteroatoms. The second kappa shape index (κ2) is 9.72. The second-order valence-corrected chi connectivity index (χ2v) is 6.29. The molecule has 3 aromatic carbocycles. The van der Waals surface area contributed by atoms with E-state index < -0.39 is 0 Å². The lowest BCUT2D eigenvalue weighted by molar-refractivity contribution is 0.627. The fourth-order valence-corrected chi connectivity index (χ4v) is 2.95. The Morgan fingerprint density at radius 3 is 2.00 bits per heavy atom. The lowest BCUT2D eigenvalue weighted by Gasteiger charge is -2.07. The van der Waals surface area contributed by atoms with Gasteiger partial charge in [-0.05, 0) is 34.9 Å². The normalized spacial score (nSPS) is 9.93. The van der Waals surface area contributed by atoms with Gasteiger partial charge in [0.05, 0.1) is 17.0 Å². The third kappa shape index (κ3) is 4.99. The third-order valence-corrected chi connectivity index (χ3v) is 4.33. The van der Waals surface area contributed by atoms with E-state index in [0.29, 0.717) is 5.02 Å². The molecule has 0 aliphatic heterocycles. The van der Waals surface area contributed by atoms with Crippen molar-refractivity contribution >= 4 is 25.0 Å². The molecule has 0 fully saturated rings. The highest BCUT2D eigenvalue weighted by Crippen LogP contribution is 2.22. The van der Waals surface area contributed by atoms with E-state index in [1.54, 1.807) is 35.3 Å². The Kier molecular flexibility index (Phi) is 6.82. The molecule has 1 aromatic heterocycles. The van der Waals surface area contributed by atoms with E-state index in [1.807, 2.05) is 36.4 Å². The molecule has 0 amide bonds. The number of benzene rings is 3. The van der Waals surface area contributed by atoms with Crippen LogP contribution in [0.3, 0.4) is 0 Å². The Morgan fingerprint density at radius 2 is 1.54 bits per heavy atom. The lowest BCUT2D eigenvalue weighted by Crippen LogP contribution is -1.91. The Labute approximate surface area is 170 Å². The highest BCUT2D eigenvalue weighted by atomic mass is 35.5. The highest BCUT2D eigenvalue weighted by Gasteiger charge is 2.03. The Bertz CT molecular complexity index is 991. The minimum absolute atomic E-state index is 0.339. The fraction of sp³-hybridized carbons (Fsp3) is 0. The Morgan fingerprint density at radius 1 is 0.929 bits per heavy atom. The van der Waals surface area contributed by atoms with E-state index >= 15 is 0 Å². The first-order valence-corrected chi connectivity index (χ1v) is 9.03. The molecule has 2 radical (unpaired) electrons. The molecule has 2 nitrogen and oxygen atoms in total. The first-order chi connectivity index (χ1) is 13.7. The zero-order valence-electron chi connectivity index (χ0n) is 15.0. The molecular weight excluding hydrogens is 370 g/mol. The number of rotatable bonds is 3. The summed E-state index contributed by atoms with van der Waals surface area (Å²) in [5.41, 5.74) is 4.08. The zero-order valence-corrected chi connectivity index (χ0v) is 15.8. The topological polar surface area (TPSA) is 17.8 Å². The Balaban J connectivity index is 0.000000162. The molecule has 0 aliphatic carbocycles. The van der Waals surface area contributed by atoms with Crippen molar-refractivity contribution in [1.29, 1.82) is 0 Å². The number of imidazole rings is 1. The van der Waals surface area contributed by atoms with Crippen LogP contribution in [-0.4, -0.2) is 17.4 Å². The van der Waals surface area contributed by atoms with E-state index in [9.17, 15) is 4.39 Å². The van der Waals surface area contributed by atoms with Crippen LogP contribution in [0.5, 0.6) is 0 Å². The number of hydrogen-bond acceptors (Lipinski definition) is 1. The molecule has 0 saturated carbocycles. The molecular formula is C23H17BClFN2. The van der Waals surface area contributed by atoms with Crippen molar-refractivity contribution in [3.8, 4) is 5.69 Å². The van der Waals surface area contributed by atoms with Crippen LogP contribution in [0.25, 0.3) is 11.3 Å². The van der Waals surface area contributed by atoms with Gasteiger partial charge >= 0.3 is 0 Å². The van der Waals surface area contributed by atoms with Crippen LogP contribution in [0.15, 0.2) is 104 Å². The minimum Gasteiger partial charge on any atom is -0.305 e. The summed E-state index contributed by atoms with van der Waals surface area (Å²) in [5, 5.41) is 0.373. The summed E-state index contributed by atoms with van der Waals surface area (Å²) >= 11 is 5.83. The molecule has 4 aromatic rings. The standard InChI is InChI=1S/C14H11B.C9H6ClFN2/c15-11-14(12-7-3-1-4-8-12)13-9-5-2-6-10-13;10-8-5-7(11)1-2-9(8)13-4-3-12-6-13/h1-11H;1-6H. The summed E-state index contributed by atoms with van der Waals surface area (Å²) in [7, 11) is 5.67. The predicted octanol–water partition coefficient (Wildman–Crippen LogP) is 5.91. The first kappa shape index (κ1) is 19.7. The molecule has 0 atom stereocenters. The second-order valence-electron chi connectivity index (χ2n) is 5.88. The van der Waals surface area contributed by atoms with Crippen LogP contribution in [0.4, 0.5) is 4.39 Å². The summed E-state index contributed by atoms with van der Waals surface area (Å²) < 4.78 is 14.4. The summed E-state index contributed by atoms with van der Waals surface area (Å²) in [6.07, 6.45) is 5.00. The lowest BCUT2D eigenvalue weighted by atomic mass is 9.92. The van der Waals surface area contributed by atoms with Crippen molar-refractivity contribution in [2.24, 2.45) is 0 Å². The van der Waals surface area contributed by atoms with Gasteiger partial charge in [0.25, 0.3) is 0 Å². The minimum atomic E-state index is -0.339. The molecule has 4 rings (SSSR count). The van der Waals surface area contributed by atoms with Gasteiger partial charge in [-0.1, -0.05) is 72.3 Å². The molecule has 0 saturated heterocycles. The summed E-state index contributed by atoms with van der Waals surface area (Å²) in [5.74, 6) is 1.32. The third-order valence-electron chi connectivity index (χ3n) is 4.03. The van der Waals surface area contributed by atoms with Crippen LogP contribution < -0.4 is 0 Å². The molecule has 0 spiro atoms. The van der Waals surface area contributed by atoms with Crippen molar-refractivity contribution in [2.75, 3.05) is 0 Å². The van der Waals surface area contributed by atoms with Crippen LogP contribution in [0.2, 0.25) is 5.02 Å². The summed E-state index contributed by atoms with van der Waals surface area (Å²) in [6, 6.07) is 24.6. The van der Waals surface area contributed by atoms with Crippen LogP contribution >= 0.6 is 11.6 Å². The van der Waals surface area contributed by atoms with Crippen LogP contribution in [0.1, 0.15) is 11.1 Å². The monoisotopic (exact) mass is 386 g/mol. The number of halogens is 2. The quantitative estimate of drug-likeness (QED) is 0.400. The Hall–Kier alpha value is -3.11. The van der Waals surface area contributed by atoms with Crippen molar-refractivity contribution in [2.45, 2.75) is 0 Å². The maximum absolute atomic E-state index is 12.7. The highest BCUT2D eigenvalue weighted by molar-refractivity contribution is 6.32. The first-order valence-electron chi connectivity index (χ1n) is 8.65. The number of nitrogens with zero attached hydrogens (tertiary/aromatic N) is 2. The summed E-state index contributed by atoms with van der Waals surface area (Å²) in [4.78, 5) is 3.87. The maximum Gasteiger partial charge on any atom is 0.124 e. The van der Waals surface area contributed by atoms with Gasteiger partial charge < -0.3 is 4.57 Å². The zero-order chi connectivity index (χ0) is 19.8. The van der Waals surface area contributed by atoms with Gasteiger partial charge in [0, 0.05) is 12.4 Å². The van der Waals surface area contributed by atoms with Gasteiger partial charge in [-0.3, -0.25) is 0 Å². The van der Waals surface area contributed by atoms with E-state index in [4.69, 9.17) is 19.4 Å². The molecule has 0 bridgehead atoms. The maximum atomic E-state index is 12.7. The van der Waals surface area contributed by atoms with E-state index in [-0.39, 0.29) is 5.82 Å². The van der Waals surface area contributed by atoms with E-state index in [1.165, 1.54) is 12.1 Å². The largest absolute Gasteiger partial charge is 0.305 e. The van der Waals surface area contributed by atoms with Gasteiger partial charge in [-0.2, -0.15) is 0 Å². The summed E-state index contributed by atoms with van der Waals surface area (Å²) in [6.45, 7) is 0. The molecule has 0 unspecified atom stereocenters. The SMILES string of the molecule is Fc1ccc(-n2ccnc2)c(Cl)c1.[B]C=C(c1ccccc1)c1ccccc1. The number of aromatic nitrogens is 2. The van der Waals surface area contributed by atoms with Crippen LogP contribution in [0, 0.1) is 5.82 Å². The van der Waals surface area contributed by atoms with Crippen molar-refractivity contribution in [3.05, 3.63) is 126 Å². The van der Waals surface area contributed by atoms with E-state index in [2.05, 4.69) is 29.2 Å². The molecule has 136 valence electrons. The average molecular weight is 387 g/mol. The average Bonchev–Trinajstić information content (AvgIpc) is 3.25. The predicted molar refractivity (Wildman–Crippen MR) is 114 cm³/mol. The van der Waals surface area contributed by atoms with E-state index in [0.717, 1.165) is 22.4 Å². The van der Waals surface area contributed by atoms with Gasteiger partial charge in [0.2, 0.25) is 0 Å². The smallest absolute Gasteiger partial charge is 0.124 e. The number of hydrogen-bond donors (Lipinski definition) is 0. The van der Waals surface area contributed by atoms with Gasteiger partial charge in [-0.15, -0.1) is 5.98 Å². The molecule has 28 heavy (non-hydrogen) atoms.